The summed E-state index contributed by atoms with van der Waals surface area (Å²) in [7, 11) is -4.36. The molecule has 178 valence electrons. The van der Waals surface area contributed by atoms with Gasteiger partial charge in [0, 0.05) is 0 Å². The fourth-order valence-corrected chi connectivity index (χ4v) is 13.4. The molecule has 1 rings (SSSR count). The second-order valence-electron chi connectivity index (χ2n) is 8.29. The molecule has 0 unspecified atom stereocenters. The van der Waals surface area contributed by atoms with Crippen LogP contribution in [-0.4, -0.2) is 55.2 Å². The van der Waals surface area contributed by atoms with E-state index in [1.165, 1.54) is 0 Å². The normalized spacial score (nSPS) is 13.5. The first kappa shape index (κ1) is 27.5. The number of aromatic carboxylic acids is 2. The molecule has 9 heteroatoms. The predicted molar refractivity (Wildman–Crippen MR) is 125 cm³/mol. The zero-order valence-electron chi connectivity index (χ0n) is 19.1. The first-order valence-electron chi connectivity index (χ1n) is 11.1. The number of hydrogen-bond donors (Lipinski definition) is 2. The molecule has 1 aromatic carbocycles. The summed E-state index contributed by atoms with van der Waals surface area (Å²) in [6, 6.07) is 2.93. The zero-order chi connectivity index (χ0) is 23.7. The summed E-state index contributed by atoms with van der Waals surface area (Å²) in [5.41, 5.74) is -0.788. The standard InChI is InChI=1S/C22H37O7PS/c1-5-9-12-30(8-4,13-10-6-2,14-11-7-3)29-31(27,28)20-16-18(21(23)24)15-19(17-20)22(25)26/h15-17H,5-14H2,1-4H3,(H,23,24)(H,25,26). The van der Waals surface area contributed by atoms with Crippen molar-refractivity contribution in [2.45, 2.75) is 71.1 Å². The molecule has 0 aliphatic rings. The second kappa shape index (κ2) is 11.4. The van der Waals surface area contributed by atoms with Crippen LogP contribution >= 0.6 is 6.83 Å². The molecule has 0 saturated heterocycles. The second-order valence-corrected chi connectivity index (χ2v) is 16.0. The number of carbonyl (C=O) groups is 2. The third kappa shape index (κ3) is 6.99. The van der Waals surface area contributed by atoms with Crippen LogP contribution in [0.4, 0.5) is 0 Å². The maximum atomic E-state index is 13.5. The molecule has 0 aliphatic heterocycles. The van der Waals surface area contributed by atoms with Crippen LogP contribution in [0, 0.1) is 0 Å². The van der Waals surface area contributed by atoms with Gasteiger partial charge in [0.2, 0.25) is 0 Å². The number of rotatable bonds is 15. The van der Waals surface area contributed by atoms with Gasteiger partial charge in [0.05, 0.1) is 0 Å². The van der Waals surface area contributed by atoms with Gasteiger partial charge in [0.15, 0.2) is 0 Å². The van der Waals surface area contributed by atoms with Crippen molar-refractivity contribution in [2.75, 3.05) is 24.6 Å². The topological polar surface area (TPSA) is 118 Å². The molecular formula is C22H37O7PS. The van der Waals surface area contributed by atoms with E-state index in [0.717, 1.165) is 56.7 Å². The third-order valence-electron chi connectivity index (χ3n) is 6.03. The number of carboxylic acids is 2. The minimum atomic E-state index is -4.36. The summed E-state index contributed by atoms with van der Waals surface area (Å²) in [6.45, 7) is 5.00. The monoisotopic (exact) mass is 476 g/mol. The summed E-state index contributed by atoms with van der Waals surface area (Å²) < 4.78 is 33.2. The average molecular weight is 477 g/mol. The van der Waals surface area contributed by atoms with E-state index in [1.807, 2.05) is 6.92 Å². The summed E-state index contributed by atoms with van der Waals surface area (Å²) in [6.07, 6.45) is 8.01. The molecule has 1 aromatic rings. The van der Waals surface area contributed by atoms with Gasteiger partial charge in [0.25, 0.3) is 0 Å². The van der Waals surface area contributed by atoms with E-state index in [0.29, 0.717) is 24.6 Å². The minimum absolute atomic E-state index is 0.394. The van der Waals surface area contributed by atoms with Crippen molar-refractivity contribution in [1.82, 2.24) is 0 Å². The zero-order valence-corrected chi connectivity index (χ0v) is 20.8. The van der Waals surface area contributed by atoms with E-state index in [2.05, 4.69) is 20.8 Å². The van der Waals surface area contributed by atoms with Crippen LogP contribution in [0.2, 0.25) is 0 Å². The fraction of sp³-hybridized carbons (Fsp3) is 0.636. The number of hydrogen-bond acceptors (Lipinski definition) is 5. The quantitative estimate of drug-likeness (QED) is 0.313. The van der Waals surface area contributed by atoms with E-state index in [4.69, 9.17) is 3.97 Å². The Hall–Kier alpha value is -1.50. The number of benzene rings is 1. The van der Waals surface area contributed by atoms with Gasteiger partial charge in [-0.2, -0.15) is 0 Å². The Kier molecular flexibility index (Phi) is 10.1. The Labute approximate surface area is 186 Å². The predicted octanol–water partition coefficient (Wildman–Crippen LogP) is 5.68. The Morgan fingerprint density at radius 2 is 1.19 bits per heavy atom. The average Bonchev–Trinajstić information content (AvgIpc) is 2.74. The molecule has 0 spiro atoms. The van der Waals surface area contributed by atoms with E-state index in [9.17, 15) is 28.2 Å². The van der Waals surface area contributed by atoms with Crippen molar-refractivity contribution in [1.29, 1.82) is 0 Å². The van der Waals surface area contributed by atoms with Gasteiger partial charge in [-0.25, -0.2) is 0 Å². The van der Waals surface area contributed by atoms with Gasteiger partial charge in [-0.3, -0.25) is 0 Å². The molecule has 7 nitrogen and oxygen atoms in total. The van der Waals surface area contributed by atoms with Crippen molar-refractivity contribution in [3.63, 3.8) is 0 Å². The van der Waals surface area contributed by atoms with Crippen LogP contribution in [0.15, 0.2) is 23.1 Å². The molecule has 0 heterocycles. The van der Waals surface area contributed by atoms with Gasteiger partial charge >= 0.3 is 186 Å². The van der Waals surface area contributed by atoms with E-state index < -0.39 is 44.9 Å². The summed E-state index contributed by atoms with van der Waals surface area (Å²) in [4.78, 5) is 22.5. The van der Waals surface area contributed by atoms with Gasteiger partial charge in [-0.05, 0) is 0 Å². The molecule has 0 aliphatic carbocycles. The van der Waals surface area contributed by atoms with Gasteiger partial charge in [0.1, 0.15) is 0 Å². The van der Waals surface area contributed by atoms with Crippen LogP contribution in [0.3, 0.4) is 0 Å². The van der Waals surface area contributed by atoms with Crippen LogP contribution in [0.5, 0.6) is 0 Å². The Morgan fingerprint density at radius 1 is 0.806 bits per heavy atom. The van der Waals surface area contributed by atoms with Gasteiger partial charge < -0.3 is 0 Å². The Balaban J connectivity index is 3.65. The van der Waals surface area contributed by atoms with Crippen LogP contribution < -0.4 is 0 Å². The van der Waals surface area contributed by atoms with Gasteiger partial charge in [-0.1, -0.05) is 0 Å². The molecule has 0 fully saturated rings. The third-order valence-corrected chi connectivity index (χ3v) is 15.3. The Morgan fingerprint density at radius 3 is 1.48 bits per heavy atom. The van der Waals surface area contributed by atoms with E-state index >= 15 is 0 Å². The number of carboxylic acid groups (broad SMARTS) is 2. The Bertz CT molecular complexity index is 823. The van der Waals surface area contributed by atoms with Gasteiger partial charge in [-0.15, -0.1) is 0 Å². The summed E-state index contributed by atoms with van der Waals surface area (Å²) in [5.74, 6) is -2.79. The maximum absolute atomic E-state index is 13.5. The summed E-state index contributed by atoms with van der Waals surface area (Å²) in [5, 5.41) is 18.7. The molecule has 2 N–H and O–H groups in total. The van der Waals surface area contributed by atoms with Crippen LogP contribution in [0.1, 0.15) is 86.9 Å². The van der Waals surface area contributed by atoms with Crippen molar-refractivity contribution < 1.29 is 32.2 Å². The SMILES string of the molecule is CCCCP(CC)(CCCC)(CCCC)OS(=O)(=O)c1cc(C(=O)O)cc(C(=O)O)c1. The van der Waals surface area contributed by atoms with E-state index in [1.54, 1.807) is 0 Å². The number of unbranched alkanes of at least 4 members (excludes halogenated alkanes) is 3. The molecule has 0 aromatic heterocycles. The molecule has 0 atom stereocenters. The van der Waals surface area contributed by atoms with Crippen LogP contribution in [-0.2, 0) is 14.1 Å². The van der Waals surface area contributed by atoms with Crippen LogP contribution in [0.25, 0.3) is 0 Å². The first-order valence-corrected chi connectivity index (χ1v) is 15.4. The first-order chi connectivity index (χ1) is 14.5. The molecule has 0 amide bonds. The van der Waals surface area contributed by atoms with Crippen molar-refractivity contribution in [2.24, 2.45) is 0 Å². The fourth-order valence-electron chi connectivity index (χ4n) is 3.96. The van der Waals surface area contributed by atoms with Crippen molar-refractivity contribution >= 4 is 28.9 Å². The van der Waals surface area contributed by atoms with E-state index in [-0.39, 0.29) is 0 Å². The molecular weight excluding hydrogens is 439 g/mol. The van der Waals surface area contributed by atoms with Crippen molar-refractivity contribution in [3.05, 3.63) is 29.3 Å². The molecule has 31 heavy (non-hydrogen) atoms. The summed E-state index contributed by atoms with van der Waals surface area (Å²) >= 11 is 0. The molecule has 0 radical (unpaired) electrons. The molecule has 0 saturated carbocycles. The van der Waals surface area contributed by atoms with Crippen molar-refractivity contribution in [3.8, 4) is 0 Å². The molecule has 0 bridgehead atoms.